The molecule has 5 heteroatoms. The summed E-state index contributed by atoms with van der Waals surface area (Å²) in [5.41, 5.74) is 1.28. The zero-order valence-corrected chi connectivity index (χ0v) is 11.6. The van der Waals surface area contributed by atoms with Gasteiger partial charge in [-0.25, -0.2) is 4.79 Å². The fourth-order valence-corrected chi connectivity index (χ4v) is 2.25. The molecule has 0 atom stereocenters. The molecule has 0 unspecified atom stereocenters. The van der Waals surface area contributed by atoms with Crippen molar-refractivity contribution < 1.29 is 9.53 Å². The van der Waals surface area contributed by atoms with Crippen LogP contribution in [0.25, 0.3) is 0 Å². The fourth-order valence-electron chi connectivity index (χ4n) is 2.25. The van der Waals surface area contributed by atoms with E-state index in [1.54, 1.807) is 4.90 Å². The van der Waals surface area contributed by atoms with Gasteiger partial charge in [-0.2, -0.15) is 0 Å². The molecule has 0 radical (unpaired) electrons. The Morgan fingerprint density at radius 3 is 2.75 bits per heavy atom. The quantitative estimate of drug-likeness (QED) is 0.789. The lowest BCUT2D eigenvalue weighted by molar-refractivity contribution is 0.202. The molecule has 2 amide bonds. The largest absolute Gasteiger partial charge is 0.492 e. The first-order valence-corrected chi connectivity index (χ1v) is 7.29. The van der Waals surface area contributed by atoms with Crippen molar-refractivity contribution in [2.45, 2.75) is 25.4 Å². The highest BCUT2D eigenvalue weighted by Crippen LogP contribution is 2.19. The first-order chi connectivity index (χ1) is 9.81. The molecular formula is C15H21N3O2. The Morgan fingerprint density at radius 2 is 2.10 bits per heavy atom. The van der Waals surface area contributed by atoms with Gasteiger partial charge in [0.15, 0.2) is 0 Å². The Morgan fingerprint density at radius 1 is 1.30 bits per heavy atom. The second kappa shape index (κ2) is 6.13. The molecule has 1 aliphatic heterocycles. The number of rotatable bonds is 7. The van der Waals surface area contributed by atoms with E-state index < -0.39 is 0 Å². The van der Waals surface area contributed by atoms with Gasteiger partial charge in [-0.05, 0) is 30.5 Å². The highest BCUT2D eigenvalue weighted by atomic mass is 16.5. The average molecular weight is 275 g/mol. The fraction of sp³-hybridized carbons (Fsp3) is 0.533. The first-order valence-electron chi connectivity index (χ1n) is 7.29. The third-order valence-corrected chi connectivity index (χ3v) is 3.67. The van der Waals surface area contributed by atoms with E-state index in [1.165, 1.54) is 18.4 Å². The molecule has 108 valence electrons. The van der Waals surface area contributed by atoms with Gasteiger partial charge in [0.2, 0.25) is 0 Å². The van der Waals surface area contributed by atoms with Crippen molar-refractivity contribution in [1.82, 2.24) is 15.5 Å². The molecule has 2 N–H and O–H groups in total. The highest BCUT2D eigenvalue weighted by Gasteiger charge is 2.20. The van der Waals surface area contributed by atoms with Crippen molar-refractivity contribution in [3.63, 3.8) is 0 Å². The van der Waals surface area contributed by atoms with Gasteiger partial charge in [-0.3, -0.25) is 0 Å². The van der Waals surface area contributed by atoms with Crippen molar-refractivity contribution in [1.29, 1.82) is 0 Å². The normalized spacial score (nSPS) is 18.2. The number of carbonyl (C=O) groups is 1. The van der Waals surface area contributed by atoms with Gasteiger partial charge in [0.05, 0.1) is 6.54 Å². The van der Waals surface area contributed by atoms with Gasteiger partial charge < -0.3 is 20.3 Å². The maximum Gasteiger partial charge on any atom is 0.317 e. The maximum absolute atomic E-state index is 11.3. The molecule has 2 aliphatic rings. The van der Waals surface area contributed by atoms with Crippen LogP contribution in [0.3, 0.4) is 0 Å². The SMILES string of the molecule is O=C1NCCN1CCOc1ccc(CNC2CC2)cc1. The van der Waals surface area contributed by atoms with E-state index in [4.69, 9.17) is 4.74 Å². The monoisotopic (exact) mass is 275 g/mol. The van der Waals surface area contributed by atoms with Crippen LogP contribution >= 0.6 is 0 Å². The number of nitrogens with zero attached hydrogens (tertiary/aromatic N) is 1. The number of benzene rings is 1. The van der Waals surface area contributed by atoms with Crippen molar-refractivity contribution in [3.05, 3.63) is 29.8 Å². The lowest BCUT2D eigenvalue weighted by atomic mass is 10.2. The molecule has 20 heavy (non-hydrogen) atoms. The number of carbonyl (C=O) groups excluding carboxylic acids is 1. The number of nitrogens with one attached hydrogen (secondary N) is 2. The van der Waals surface area contributed by atoms with Crippen molar-refractivity contribution in [2.24, 2.45) is 0 Å². The summed E-state index contributed by atoms with van der Waals surface area (Å²) in [6.45, 7) is 3.61. The van der Waals surface area contributed by atoms with Gasteiger partial charge in [-0.1, -0.05) is 12.1 Å². The van der Waals surface area contributed by atoms with Crippen LogP contribution in [0.2, 0.25) is 0 Å². The van der Waals surface area contributed by atoms with Crippen molar-refractivity contribution >= 4 is 6.03 Å². The number of amides is 2. The van der Waals surface area contributed by atoms with E-state index in [-0.39, 0.29) is 6.03 Å². The average Bonchev–Trinajstić information content (AvgIpc) is 3.21. The Hall–Kier alpha value is -1.75. The van der Waals surface area contributed by atoms with Crippen LogP contribution < -0.4 is 15.4 Å². The van der Waals surface area contributed by atoms with Gasteiger partial charge in [0, 0.05) is 25.7 Å². The minimum absolute atomic E-state index is 0.00935. The van der Waals surface area contributed by atoms with Crippen LogP contribution in [0.15, 0.2) is 24.3 Å². The number of urea groups is 1. The van der Waals surface area contributed by atoms with Crippen LogP contribution in [-0.2, 0) is 6.54 Å². The highest BCUT2D eigenvalue weighted by molar-refractivity contribution is 5.76. The predicted octanol–water partition coefficient (Wildman–Crippen LogP) is 1.34. The van der Waals surface area contributed by atoms with Crippen LogP contribution in [0, 0.1) is 0 Å². The summed E-state index contributed by atoms with van der Waals surface area (Å²) in [6.07, 6.45) is 2.62. The first kappa shape index (κ1) is 13.2. The minimum atomic E-state index is 0.00935. The Kier molecular flexibility index (Phi) is 4.06. The summed E-state index contributed by atoms with van der Waals surface area (Å²) in [6, 6.07) is 8.91. The molecule has 1 saturated carbocycles. The van der Waals surface area contributed by atoms with E-state index in [9.17, 15) is 4.79 Å². The zero-order chi connectivity index (χ0) is 13.8. The molecule has 1 aliphatic carbocycles. The smallest absolute Gasteiger partial charge is 0.317 e. The molecule has 0 aromatic heterocycles. The number of hydrogen-bond donors (Lipinski definition) is 2. The molecule has 1 heterocycles. The molecule has 1 aromatic rings. The molecule has 0 bridgehead atoms. The summed E-state index contributed by atoms with van der Waals surface area (Å²) < 4.78 is 5.67. The molecule has 5 nitrogen and oxygen atoms in total. The standard InChI is InChI=1S/C15H21N3O2/c19-15-16-7-8-18(15)9-10-20-14-5-1-12(2-6-14)11-17-13-3-4-13/h1-2,5-6,13,17H,3-4,7-11H2,(H,16,19). The molecule has 1 saturated heterocycles. The second-order valence-electron chi connectivity index (χ2n) is 5.37. The molecule has 0 spiro atoms. The zero-order valence-electron chi connectivity index (χ0n) is 11.6. The Labute approximate surface area is 119 Å². The van der Waals surface area contributed by atoms with Gasteiger partial charge in [0.1, 0.15) is 12.4 Å². The van der Waals surface area contributed by atoms with Gasteiger partial charge in [-0.15, -0.1) is 0 Å². The van der Waals surface area contributed by atoms with Crippen molar-refractivity contribution in [3.8, 4) is 5.75 Å². The summed E-state index contributed by atoms with van der Waals surface area (Å²) >= 11 is 0. The molecule has 2 fully saturated rings. The molecule has 1 aromatic carbocycles. The number of hydrogen-bond acceptors (Lipinski definition) is 3. The van der Waals surface area contributed by atoms with E-state index in [1.807, 2.05) is 12.1 Å². The molecule has 3 rings (SSSR count). The minimum Gasteiger partial charge on any atom is -0.492 e. The van der Waals surface area contributed by atoms with Gasteiger partial charge >= 0.3 is 6.03 Å². The summed E-state index contributed by atoms with van der Waals surface area (Å²) in [5.74, 6) is 0.861. The van der Waals surface area contributed by atoms with E-state index in [2.05, 4.69) is 22.8 Å². The third-order valence-electron chi connectivity index (χ3n) is 3.67. The maximum atomic E-state index is 11.3. The van der Waals surface area contributed by atoms with Gasteiger partial charge in [0.25, 0.3) is 0 Å². The van der Waals surface area contributed by atoms with E-state index in [0.717, 1.165) is 31.4 Å². The van der Waals surface area contributed by atoms with Crippen LogP contribution in [0.5, 0.6) is 5.75 Å². The summed E-state index contributed by atoms with van der Waals surface area (Å²) in [4.78, 5) is 13.1. The number of ether oxygens (including phenoxy) is 1. The van der Waals surface area contributed by atoms with Crippen LogP contribution in [0.1, 0.15) is 18.4 Å². The lowest BCUT2D eigenvalue weighted by Gasteiger charge is -2.14. The van der Waals surface area contributed by atoms with Crippen molar-refractivity contribution in [2.75, 3.05) is 26.2 Å². The Bertz CT molecular complexity index is 457. The van der Waals surface area contributed by atoms with E-state index >= 15 is 0 Å². The van der Waals surface area contributed by atoms with E-state index in [0.29, 0.717) is 13.2 Å². The molecular weight excluding hydrogens is 254 g/mol. The van der Waals surface area contributed by atoms with Crippen LogP contribution in [0.4, 0.5) is 4.79 Å². The summed E-state index contributed by atoms with van der Waals surface area (Å²) in [5, 5.41) is 6.26. The Balaban J connectivity index is 1.39. The second-order valence-corrected chi connectivity index (χ2v) is 5.37. The van der Waals surface area contributed by atoms with Crippen LogP contribution in [-0.4, -0.2) is 43.2 Å². The lowest BCUT2D eigenvalue weighted by Crippen LogP contribution is -2.31. The summed E-state index contributed by atoms with van der Waals surface area (Å²) in [7, 11) is 0. The topological polar surface area (TPSA) is 53.6 Å². The third kappa shape index (κ3) is 3.63. The predicted molar refractivity (Wildman–Crippen MR) is 76.8 cm³/mol.